The maximum Gasteiger partial charge on any atom is 0.321 e. The Morgan fingerprint density at radius 3 is 2.13 bits per heavy atom. The van der Waals surface area contributed by atoms with Gasteiger partial charge in [-0.25, -0.2) is 0 Å². The Balaban J connectivity index is 4.63. The molecule has 0 radical (unpaired) electrons. The average Bonchev–Trinajstić information content (AvgIpc) is 2.01. The molecule has 0 aromatic carbocycles. The second kappa shape index (κ2) is 5.43. The smallest absolute Gasteiger partial charge is 0.321 e. The minimum atomic E-state index is -3.69. The quantitative estimate of drug-likeness (QED) is 0.675. The summed E-state index contributed by atoms with van der Waals surface area (Å²) in [6.07, 6.45) is 0.266. The van der Waals surface area contributed by atoms with Crippen LogP contribution in [0.5, 0.6) is 0 Å². The summed E-state index contributed by atoms with van der Waals surface area (Å²) < 4.78 is 25.8. The number of rotatable bonds is 6. The summed E-state index contributed by atoms with van der Waals surface area (Å²) in [5.41, 5.74) is 0. The van der Waals surface area contributed by atoms with Gasteiger partial charge in [0.2, 0.25) is 0 Å². The van der Waals surface area contributed by atoms with Gasteiger partial charge in [-0.05, 0) is 12.3 Å². The molecule has 0 heterocycles. The van der Waals surface area contributed by atoms with Crippen LogP contribution in [0.25, 0.3) is 0 Å². The van der Waals surface area contributed by atoms with Crippen LogP contribution in [0.15, 0.2) is 0 Å². The molecule has 1 atom stereocenters. The molecule has 0 saturated carbocycles. The number of aliphatic carboxylic acids is 1. The molecule has 0 aliphatic heterocycles. The molecule has 1 unspecified atom stereocenters. The number of carboxylic acid groups (broad SMARTS) is 1. The fourth-order valence-electron chi connectivity index (χ4n) is 0.956. The number of hydrogen-bond acceptors (Lipinski definition) is 3. The van der Waals surface area contributed by atoms with Crippen molar-refractivity contribution >= 4 is 16.2 Å². The lowest BCUT2D eigenvalue weighted by Gasteiger charge is -2.19. The Bertz CT molecular complexity index is 311. The summed E-state index contributed by atoms with van der Waals surface area (Å²) in [4.78, 5) is 10.8. The highest BCUT2D eigenvalue weighted by Crippen LogP contribution is 2.06. The van der Waals surface area contributed by atoms with Crippen LogP contribution < -0.4 is 4.72 Å². The molecule has 7 heteroatoms. The molecule has 0 saturated heterocycles. The van der Waals surface area contributed by atoms with Crippen molar-refractivity contribution in [3.63, 3.8) is 0 Å². The fraction of sp³-hybridized carbons (Fsp3) is 0.875. The highest BCUT2D eigenvalue weighted by molar-refractivity contribution is 7.87. The van der Waals surface area contributed by atoms with Crippen LogP contribution >= 0.6 is 0 Å². The van der Waals surface area contributed by atoms with Crippen molar-refractivity contribution in [2.75, 3.05) is 14.1 Å². The predicted octanol–water partition coefficient (Wildman–Crippen LogP) is -0.118. The third-order valence-corrected chi connectivity index (χ3v) is 3.32. The maximum absolute atomic E-state index is 11.4. The monoisotopic (exact) mass is 238 g/mol. The van der Waals surface area contributed by atoms with Crippen LogP contribution in [0.4, 0.5) is 0 Å². The average molecular weight is 238 g/mol. The fourth-order valence-corrected chi connectivity index (χ4v) is 1.72. The lowest BCUT2D eigenvalue weighted by molar-refractivity contribution is -0.139. The first-order chi connectivity index (χ1) is 6.66. The highest BCUT2D eigenvalue weighted by Gasteiger charge is 2.25. The van der Waals surface area contributed by atoms with E-state index in [1.165, 1.54) is 14.1 Å². The first kappa shape index (κ1) is 14.3. The zero-order valence-corrected chi connectivity index (χ0v) is 10.2. The number of hydrogen-bond donors (Lipinski definition) is 2. The molecule has 0 aromatic rings. The Hall–Kier alpha value is -0.660. The van der Waals surface area contributed by atoms with Gasteiger partial charge in [-0.3, -0.25) is 4.79 Å². The topological polar surface area (TPSA) is 86.7 Å². The van der Waals surface area contributed by atoms with Crippen LogP contribution in [0.1, 0.15) is 20.3 Å². The minimum absolute atomic E-state index is 0.107. The second-order valence-corrected chi connectivity index (χ2v) is 5.84. The molecule has 6 nitrogen and oxygen atoms in total. The molecule has 15 heavy (non-hydrogen) atoms. The van der Waals surface area contributed by atoms with Gasteiger partial charge in [-0.1, -0.05) is 13.8 Å². The summed E-state index contributed by atoms with van der Waals surface area (Å²) in [5.74, 6) is -1.05. The Morgan fingerprint density at radius 2 is 1.87 bits per heavy atom. The zero-order valence-electron chi connectivity index (χ0n) is 9.39. The first-order valence-electron chi connectivity index (χ1n) is 4.59. The van der Waals surface area contributed by atoms with Gasteiger partial charge in [0, 0.05) is 14.1 Å². The number of carboxylic acids is 1. The van der Waals surface area contributed by atoms with Gasteiger partial charge in [-0.15, -0.1) is 0 Å². The molecule has 0 aliphatic carbocycles. The molecule has 0 rings (SSSR count). The van der Waals surface area contributed by atoms with Crippen LogP contribution in [-0.2, 0) is 15.0 Å². The molecule has 0 aliphatic rings. The van der Waals surface area contributed by atoms with Crippen LogP contribution in [0.2, 0.25) is 0 Å². The molecule has 0 spiro atoms. The van der Waals surface area contributed by atoms with Gasteiger partial charge < -0.3 is 5.11 Å². The van der Waals surface area contributed by atoms with E-state index < -0.39 is 22.2 Å². The normalized spacial score (nSPS) is 14.5. The van der Waals surface area contributed by atoms with Gasteiger partial charge in [0.1, 0.15) is 6.04 Å². The number of nitrogens with one attached hydrogen (secondary N) is 1. The molecule has 0 bridgehead atoms. The van der Waals surface area contributed by atoms with Gasteiger partial charge >= 0.3 is 5.97 Å². The van der Waals surface area contributed by atoms with E-state index in [-0.39, 0.29) is 12.3 Å². The Kier molecular flexibility index (Phi) is 5.19. The minimum Gasteiger partial charge on any atom is -0.480 e. The summed E-state index contributed by atoms with van der Waals surface area (Å²) in [6, 6.07) is -1.07. The summed E-state index contributed by atoms with van der Waals surface area (Å²) in [7, 11) is -0.998. The van der Waals surface area contributed by atoms with E-state index in [1.807, 2.05) is 13.8 Å². The van der Waals surface area contributed by atoms with E-state index in [0.717, 1.165) is 4.31 Å². The van der Waals surface area contributed by atoms with Gasteiger partial charge in [0.05, 0.1) is 0 Å². The third-order valence-electron chi connectivity index (χ3n) is 1.78. The third kappa shape index (κ3) is 5.10. The van der Waals surface area contributed by atoms with E-state index in [1.54, 1.807) is 0 Å². The zero-order chi connectivity index (χ0) is 12.2. The lowest BCUT2D eigenvalue weighted by Crippen LogP contribution is -2.46. The van der Waals surface area contributed by atoms with Crippen LogP contribution in [0.3, 0.4) is 0 Å². The van der Waals surface area contributed by atoms with E-state index in [9.17, 15) is 13.2 Å². The predicted molar refractivity (Wildman–Crippen MR) is 56.6 cm³/mol. The highest BCUT2D eigenvalue weighted by atomic mass is 32.2. The van der Waals surface area contributed by atoms with Crippen molar-refractivity contribution in [2.45, 2.75) is 26.3 Å². The summed E-state index contributed by atoms with van der Waals surface area (Å²) in [5, 5.41) is 8.82. The summed E-state index contributed by atoms with van der Waals surface area (Å²) in [6.45, 7) is 3.67. The molecule has 0 amide bonds. The van der Waals surface area contributed by atoms with Gasteiger partial charge in [0.15, 0.2) is 0 Å². The van der Waals surface area contributed by atoms with Crippen molar-refractivity contribution < 1.29 is 18.3 Å². The molecular weight excluding hydrogens is 220 g/mol. The number of carbonyl (C=O) groups is 1. The van der Waals surface area contributed by atoms with Gasteiger partial charge in [-0.2, -0.15) is 17.4 Å². The van der Waals surface area contributed by atoms with Crippen molar-refractivity contribution in [1.82, 2.24) is 9.03 Å². The van der Waals surface area contributed by atoms with Gasteiger partial charge in [0.25, 0.3) is 10.2 Å². The van der Waals surface area contributed by atoms with Crippen LogP contribution in [-0.4, -0.2) is 43.9 Å². The van der Waals surface area contributed by atoms with Crippen molar-refractivity contribution in [1.29, 1.82) is 0 Å². The first-order valence-corrected chi connectivity index (χ1v) is 6.03. The van der Waals surface area contributed by atoms with Crippen LogP contribution in [0, 0.1) is 5.92 Å². The summed E-state index contributed by atoms with van der Waals surface area (Å²) >= 11 is 0. The van der Waals surface area contributed by atoms with Crippen molar-refractivity contribution in [2.24, 2.45) is 5.92 Å². The van der Waals surface area contributed by atoms with E-state index in [4.69, 9.17) is 5.11 Å². The molecular formula is C8H18N2O4S. The SMILES string of the molecule is CC(C)CC(NS(=O)(=O)N(C)C)C(=O)O. The molecule has 0 aromatic heterocycles. The largest absolute Gasteiger partial charge is 0.480 e. The molecule has 0 fully saturated rings. The van der Waals surface area contributed by atoms with E-state index in [0.29, 0.717) is 0 Å². The maximum atomic E-state index is 11.4. The van der Waals surface area contributed by atoms with E-state index in [2.05, 4.69) is 4.72 Å². The Morgan fingerprint density at radius 1 is 1.40 bits per heavy atom. The standard InChI is InChI=1S/C8H18N2O4S/c1-6(2)5-7(8(11)12)9-15(13,14)10(3)4/h6-7,9H,5H2,1-4H3,(H,11,12). The number of nitrogens with zero attached hydrogens (tertiary/aromatic N) is 1. The second-order valence-electron chi connectivity index (χ2n) is 3.93. The van der Waals surface area contributed by atoms with Crippen molar-refractivity contribution in [3.05, 3.63) is 0 Å². The lowest BCUT2D eigenvalue weighted by atomic mass is 10.1. The molecule has 2 N–H and O–H groups in total. The van der Waals surface area contributed by atoms with E-state index >= 15 is 0 Å². The molecule has 90 valence electrons. The van der Waals surface area contributed by atoms with Crippen molar-refractivity contribution in [3.8, 4) is 0 Å². The Labute approximate surface area is 90.5 Å².